The molecule has 2 saturated heterocycles. The van der Waals surface area contributed by atoms with Gasteiger partial charge in [0.1, 0.15) is 0 Å². The van der Waals surface area contributed by atoms with E-state index in [1.165, 1.54) is 21.3 Å². The van der Waals surface area contributed by atoms with E-state index in [1.54, 1.807) is 14.1 Å². The van der Waals surface area contributed by atoms with Gasteiger partial charge in [-0.1, -0.05) is 11.6 Å². The van der Waals surface area contributed by atoms with Crippen LogP contribution in [0.15, 0.2) is 12.1 Å². The summed E-state index contributed by atoms with van der Waals surface area (Å²) in [4.78, 5) is 25.4. The molecule has 1 aromatic carbocycles. The third-order valence-electron chi connectivity index (χ3n) is 4.93. The molecule has 0 aliphatic carbocycles. The van der Waals surface area contributed by atoms with Crippen molar-refractivity contribution in [3.63, 3.8) is 0 Å². The zero-order chi connectivity index (χ0) is 19.2. The van der Waals surface area contributed by atoms with Gasteiger partial charge in [0.15, 0.2) is 0 Å². The van der Waals surface area contributed by atoms with Crippen LogP contribution in [-0.2, 0) is 10.2 Å². The highest BCUT2D eigenvalue weighted by Gasteiger charge is 2.46. The molecule has 0 radical (unpaired) electrons. The quantitative estimate of drug-likeness (QED) is 0.777. The number of fused-ring (bicyclic) bond motifs is 2. The minimum atomic E-state index is -3.97. The number of carbonyl (C=O) groups excluding carboxylic acids is 1. The highest BCUT2D eigenvalue weighted by Crippen LogP contribution is 2.39. The van der Waals surface area contributed by atoms with Gasteiger partial charge in [0.05, 0.1) is 16.1 Å². The maximum Gasteiger partial charge on any atom is 0.337 e. The number of amides is 1. The van der Waals surface area contributed by atoms with Crippen LogP contribution in [0.1, 0.15) is 46.4 Å². The number of rotatable bonds is 5. The van der Waals surface area contributed by atoms with Gasteiger partial charge in [-0.25, -0.2) is 9.52 Å². The van der Waals surface area contributed by atoms with E-state index in [-0.39, 0.29) is 33.9 Å². The van der Waals surface area contributed by atoms with Crippen LogP contribution in [0, 0.1) is 0 Å². The number of aromatic carboxylic acids is 1. The molecule has 1 amide bonds. The van der Waals surface area contributed by atoms with Crippen molar-refractivity contribution in [1.82, 2.24) is 9.03 Å². The third kappa shape index (κ3) is 3.26. The zero-order valence-electron chi connectivity index (χ0n) is 14.4. The van der Waals surface area contributed by atoms with Crippen LogP contribution in [0.2, 0.25) is 5.02 Å². The number of carboxylic acids is 1. The standard InChI is InChI=1S/C16H20ClN3O5S/c1-19(2)14-8-11(16(22)23)13(17)7-12(14)15(21)18-26(24,25)20-9-3-4-10(20)6-5-9/h7-10H,3-6H2,1-2H3,(H,18,21)(H,22,23). The molecule has 1 aromatic rings. The number of hydrogen-bond acceptors (Lipinski definition) is 5. The molecule has 0 unspecified atom stereocenters. The Morgan fingerprint density at radius 1 is 1.15 bits per heavy atom. The molecule has 0 spiro atoms. The zero-order valence-corrected chi connectivity index (χ0v) is 16.0. The van der Waals surface area contributed by atoms with Crippen LogP contribution >= 0.6 is 11.6 Å². The van der Waals surface area contributed by atoms with Crippen molar-refractivity contribution in [3.8, 4) is 0 Å². The molecule has 2 bridgehead atoms. The maximum absolute atomic E-state index is 12.7. The van der Waals surface area contributed by atoms with Crippen molar-refractivity contribution in [2.45, 2.75) is 37.8 Å². The molecule has 2 aliphatic heterocycles. The van der Waals surface area contributed by atoms with E-state index in [0.29, 0.717) is 0 Å². The van der Waals surface area contributed by atoms with E-state index in [0.717, 1.165) is 25.7 Å². The fourth-order valence-electron chi connectivity index (χ4n) is 3.76. The fourth-order valence-corrected chi connectivity index (χ4v) is 5.66. The number of anilines is 1. The van der Waals surface area contributed by atoms with Crippen molar-refractivity contribution < 1.29 is 23.1 Å². The Morgan fingerprint density at radius 3 is 2.15 bits per heavy atom. The van der Waals surface area contributed by atoms with E-state index in [1.807, 2.05) is 0 Å². The third-order valence-corrected chi connectivity index (χ3v) is 6.83. The van der Waals surface area contributed by atoms with Gasteiger partial charge in [0, 0.05) is 31.9 Å². The topological polar surface area (TPSA) is 107 Å². The lowest BCUT2D eigenvalue weighted by molar-refractivity contribution is 0.0696. The summed E-state index contributed by atoms with van der Waals surface area (Å²) >= 11 is 5.96. The second kappa shape index (κ2) is 6.71. The number of benzene rings is 1. The summed E-state index contributed by atoms with van der Waals surface area (Å²) in [5.41, 5.74) is 0.108. The molecule has 0 aromatic heterocycles. The predicted octanol–water partition coefficient (Wildman–Crippen LogP) is 1.71. The highest BCUT2D eigenvalue weighted by molar-refractivity contribution is 7.87. The Morgan fingerprint density at radius 2 is 1.69 bits per heavy atom. The minimum Gasteiger partial charge on any atom is -0.478 e. The average Bonchev–Trinajstić information content (AvgIpc) is 3.14. The van der Waals surface area contributed by atoms with Gasteiger partial charge in [-0.2, -0.15) is 12.7 Å². The highest BCUT2D eigenvalue weighted by atomic mass is 35.5. The molecule has 8 nitrogen and oxygen atoms in total. The van der Waals surface area contributed by atoms with Gasteiger partial charge < -0.3 is 10.0 Å². The van der Waals surface area contributed by atoms with Crippen LogP contribution in [0.3, 0.4) is 0 Å². The van der Waals surface area contributed by atoms with Crippen molar-refractivity contribution in [2.75, 3.05) is 19.0 Å². The summed E-state index contributed by atoms with van der Waals surface area (Å²) in [6.07, 6.45) is 3.23. The van der Waals surface area contributed by atoms with E-state index in [9.17, 15) is 23.1 Å². The van der Waals surface area contributed by atoms with Gasteiger partial charge in [0.2, 0.25) is 0 Å². The molecular weight excluding hydrogens is 382 g/mol. The van der Waals surface area contributed by atoms with Crippen LogP contribution < -0.4 is 9.62 Å². The number of carboxylic acid groups (broad SMARTS) is 1. The molecule has 0 saturated carbocycles. The number of hydrogen-bond donors (Lipinski definition) is 2. The molecular formula is C16H20ClN3O5S. The first-order valence-corrected chi connectivity index (χ1v) is 10.0. The van der Waals surface area contributed by atoms with Crippen molar-refractivity contribution in [1.29, 1.82) is 0 Å². The van der Waals surface area contributed by atoms with E-state index < -0.39 is 22.1 Å². The Bertz CT molecular complexity index is 851. The lowest BCUT2D eigenvalue weighted by atomic mass is 10.0. The maximum atomic E-state index is 12.7. The second-order valence-electron chi connectivity index (χ2n) is 6.78. The summed E-state index contributed by atoms with van der Waals surface area (Å²) in [7, 11) is -0.717. The van der Waals surface area contributed by atoms with Gasteiger partial charge in [-0.05, 0) is 37.8 Å². The molecule has 10 heteroatoms. The Balaban J connectivity index is 1.92. The molecule has 142 valence electrons. The number of nitrogens with one attached hydrogen (secondary N) is 1. The second-order valence-corrected chi connectivity index (χ2v) is 8.76. The predicted molar refractivity (Wildman–Crippen MR) is 97.0 cm³/mol. The van der Waals surface area contributed by atoms with Gasteiger partial charge in [0.25, 0.3) is 5.91 Å². The smallest absolute Gasteiger partial charge is 0.337 e. The van der Waals surface area contributed by atoms with Crippen molar-refractivity contribution in [2.24, 2.45) is 0 Å². The molecule has 2 heterocycles. The summed E-state index contributed by atoms with van der Waals surface area (Å²) < 4.78 is 28.9. The average molecular weight is 402 g/mol. The van der Waals surface area contributed by atoms with E-state index in [4.69, 9.17) is 11.6 Å². The number of halogens is 1. The van der Waals surface area contributed by atoms with Crippen LogP contribution in [-0.4, -0.2) is 55.9 Å². The molecule has 3 rings (SSSR count). The number of carbonyl (C=O) groups is 2. The normalized spacial score (nSPS) is 22.4. The lowest BCUT2D eigenvalue weighted by Gasteiger charge is -2.23. The van der Waals surface area contributed by atoms with Crippen molar-refractivity contribution in [3.05, 3.63) is 28.3 Å². The minimum absolute atomic E-state index is 0.000110. The first kappa shape index (κ1) is 18.9. The molecule has 0 atom stereocenters. The van der Waals surface area contributed by atoms with Gasteiger partial charge in [-0.3, -0.25) is 4.79 Å². The van der Waals surface area contributed by atoms with Crippen molar-refractivity contribution >= 4 is 39.4 Å². The largest absolute Gasteiger partial charge is 0.478 e. The first-order valence-electron chi connectivity index (χ1n) is 8.21. The van der Waals surface area contributed by atoms with Gasteiger partial charge in [-0.15, -0.1) is 0 Å². The molecule has 2 N–H and O–H groups in total. The van der Waals surface area contributed by atoms with Crippen LogP contribution in [0.5, 0.6) is 0 Å². The summed E-state index contributed by atoms with van der Waals surface area (Å²) in [6.45, 7) is 0. The van der Waals surface area contributed by atoms with Crippen LogP contribution in [0.4, 0.5) is 5.69 Å². The Kier molecular flexibility index (Phi) is 4.89. The summed E-state index contributed by atoms with van der Waals surface area (Å²) in [5.74, 6) is -2.06. The summed E-state index contributed by atoms with van der Waals surface area (Å²) in [6, 6.07) is 2.32. The first-order chi connectivity index (χ1) is 12.1. The SMILES string of the molecule is CN(C)c1cc(C(=O)O)c(Cl)cc1C(=O)NS(=O)(=O)N1C2CCC1CC2. The van der Waals surface area contributed by atoms with Crippen LogP contribution in [0.25, 0.3) is 0 Å². The fraction of sp³-hybridized carbons (Fsp3) is 0.500. The monoisotopic (exact) mass is 401 g/mol. The van der Waals surface area contributed by atoms with E-state index in [2.05, 4.69) is 4.72 Å². The molecule has 26 heavy (non-hydrogen) atoms. The Labute approximate surface area is 156 Å². The Hall–Kier alpha value is -1.84. The molecule has 2 fully saturated rings. The van der Waals surface area contributed by atoms with E-state index >= 15 is 0 Å². The molecule has 2 aliphatic rings. The lowest BCUT2D eigenvalue weighted by Crippen LogP contribution is -2.46. The van der Waals surface area contributed by atoms with Gasteiger partial charge >= 0.3 is 16.2 Å². The summed E-state index contributed by atoms with van der Waals surface area (Å²) in [5, 5.41) is 9.06. The number of nitrogens with zero attached hydrogens (tertiary/aromatic N) is 2.